The molecular formula is C22H21N5O4S. The van der Waals surface area contributed by atoms with Gasteiger partial charge in [0.1, 0.15) is 17.6 Å². The van der Waals surface area contributed by atoms with Gasteiger partial charge in [0, 0.05) is 12.1 Å². The summed E-state index contributed by atoms with van der Waals surface area (Å²) in [6.07, 6.45) is -0.0923. The number of amides is 3. The summed E-state index contributed by atoms with van der Waals surface area (Å²) in [5, 5.41) is 3.15. The average Bonchev–Trinajstić information content (AvgIpc) is 3.12. The highest BCUT2D eigenvalue weighted by Gasteiger charge is 2.42. The van der Waals surface area contributed by atoms with Crippen LogP contribution in [0.3, 0.4) is 0 Å². The zero-order valence-electron chi connectivity index (χ0n) is 17.3. The van der Waals surface area contributed by atoms with E-state index in [0.717, 1.165) is 23.1 Å². The van der Waals surface area contributed by atoms with Gasteiger partial charge in [0.15, 0.2) is 5.17 Å². The van der Waals surface area contributed by atoms with E-state index in [1.54, 1.807) is 13.2 Å². The molecule has 2 aliphatic heterocycles. The quantitative estimate of drug-likeness (QED) is 0.661. The molecule has 0 saturated heterocycles. The first-order chi connectivity index (χ1) is 15.5. The second-order valence-corrected chi connectivity index (χ2v) is 8.08. The van der Waals surface area contributed by atoms with Crippen LogP contribution in [0, 0.1) is 0 Å². The van der Waals surface area contributed by atoms with Crippen LogP contribution in [0.2, 0.25) is 0 Å². The number of aliphatic imine (C=N–C) groups is 2. The van der Waals surface area contributed by atoms with Crippen LogP contribution in [0.4, 0.5) is 5.69 Å². The number of fused-ring (bicyclic) bond motifs is 3. The number of ether oxygens (including phenoxy) is 1. The van der Waals surface area contributed by atoms with E-state index in [1.165, 1.54) is 4.90 Å². The van der Waals surface area contributed by atoms with Gasteiger partial charge in [-0.1, -0.05) is 36.0 Å². The zero-order chi connectivity index (χ0) is 22.7. The predicted molar refractivity (Wildman–Crippen MR) is 122 cm³/mol. The third-order valence-corrected chi connectivity index (χ3v) is 5.88. The summed E-state index contributed by atoms with van der Waals surface area (Å²) in [5.74, 6) is -0.0251. The van der Waals surface area contributed by atoms with Crippen molar-refractivity contribution in [3.63, 3.8) is 0 Å². The molecule has 4 rings (SSSR count). The first-order valence-corrected chi connectivity index (χ1v) is 10.9. The molecule has 0 aliphatic carbocycles. The fourth-order valence-electron chi connectivity index (χ4n) is 3.36. The van der Waals surface area contributed by atoms with Crippen molar-refractivity contribution in [1.29, 1.82) is 0 Å². The molecule has 0 bridgehead atoms. The molecule has 9 nitrogen and oxygen atoms in total. The molecular weight excluding hydrogens is 430 g/mol. The molecule has 0 unspecified atom stereocenters. The lowest BCUT2D eigenvalue weighted by Crippen LogP contribution is -2.42. The Morgan fingerprint density at radius 2 is 1.94 bits per heavy atom. The number of rotatable bonds is 7. The lowest BCUT2D eigenvalue weighted by Gasteiger charge is -2.25. The van der Waals surface area contributed by atoms with Gasteiger partial charge in [0.2, 0.25) is 11.8 Å². The molecule has 2 aromatic carbocycles. The minimum Gasteiger partial charge on any atom is -0.497 e. The van der Waals surface area contributed by atoms with Crippen molar-refractivity contribution in [3.05, 3.63) is 59.7 Å². The van der Waals surface area contributed by atoms with E-state index in [9.17, 15) is 14.4 Å². The van der Waals surface area contributed by atoms with Crippen molar-refractivity contribution in [2.24, 2.45) is 15.7 Å². The van der Waals surface area contributed by atoms with Gasteiger partial charge in [-0.05, 0) is 29.8 Å². The van der Waals surface area contributed by atoms with Crippen molar-refractivity contribution in [3.8, 4) is 5.75 Å². The Kier molecular flexibility index (Phi) is 6.22. The summed E-state index contributed by atoms with van der Waals surface area (Å²) >= 11 is 1.07. The number of nitrogens with one attached hydrogen (secondary N) is 1. The van der Waals surface area contributed by atoms with Gasteiger partial charge in [-0.25, -0.2) is 9.89 Å². The van der Waals surface area contributed by atoms with E-state index in [-0.39, 0.29) is 24.0 Å². The number of para-hydroxylation sites is 1. The summed E-state index contributed by atoms with van der Waals surface area (Å²) in [5.41, 5.74) is 7.51. The molecule has 2 heterocycles. The number of hydrogen-bond donors (Lipinski definition) is 2. The van der Waals surface area contributed by atoms with Crippen LogP contribution in [0.5, 0.6) is 5.75 Å². The summed E-state index contributed by atoms with van der Waals surface area (Å²) in [4.78, 5) is 47.3. The molecule has 0 aromatic heterocycles. The van der Waals surface area contributed by atoms with E-state index in [1.807, 2.05) is 42.5 Å². The van der Waals surface area contributed by atoms with Gasteiger partial charge in [-0.2, -0.15) is 0 Å². The number of methoxy groups -OCH3 is 1. The van der Waals surface area contributed by atoms with Gasteiger partial charge in [0.25, 0.3) is 5.91 Å². The maximum Gasteiger partial charge on any atom is 0.259 e. The number of nitrogens with zero attached hydrogens (tertiary/aromatic N) is 3. The van der Waals surface area contributed by atoms with Crippen LogP contribution in [0.15, 0.2) is 58.5 Å². The molecule has 0 fully saturated rings. The first kappa shape index (κ1) is 21.6. The van der Waals surface area contributed by atoms with Crippen molar-refractivity contribution in [2.75, 3.05) is 12.9 Å². The molecule has 2 aliphatic rings. The average molecular weight is 452 g/mol. The highest BCUT2D eigenvalue weighted by molar-refractivity contribution is 8.14. The molecule has 0 spiro atoms. The minimum atomic E-state index is -0.869. The maximum absolute atomic E-state index is 13.1. The van der Waals surface area contributed by atoms with Crippen LogP contribution in [0.25, 0.3) is 0 Å². The van der Waals surface area contributed by atoms with Crippen molar-refractivity contribution < 1.29 is 19.1 Å². The first-order valence-electron chi connectivity index (χ1n) is 9.87. The number of primary amides is 1. The fraction of sp³-hybridized carbons (Fsp3) is 0.227. The molecule has 10 heteroatoms. The van der Waals surface area contributed by atoms with Crippen LogP contribution >= 0.6 is 11.8 Å². The normalized spacial score (nSPS) is 16.6. The fourth-order valence-corrected chi connectivity index (χ4v) is 4.10. The molecule has 32 heavy (non-hydrogen) atoms. The number of amidine groups is 2. The maximum atomic E-state index is 13.1. The molecule has 164 valence electrons. The summed E-state index contributed by atoms with van der Waals surface area (Å²) in [6.45, 7) is 0.327. The molecule has 3 N–H and O–H groups in total. The summed E-state index contributed by atoms with van der Waals surface area (Å²) in [7, 11) is 1.59. The number of carbonyl (C=O) groups excluding carboxylic acids is 3. The number of nitrogens with two attached hydrogens (primary N) is 1. The van der Waals surface area contributed by atoms with E-state index >= 15 is 0 Å². The molecule has 3 amide bonds. The number of thioether (sulfide) groups is 1. The SMILES string of the molecule is COc1ccc(CNC(=O)C[C@H]2N=C3c4ccccc4N=C(SCC(N)=O)N3C2=O)cc1. The third-order valence-electron chi connectivity index (χ3n) is 4.92. The molecule has 0 saturated carbocycles. The highest BCUT2D eigenvalue weighted by atomic mass is 32.2. The second kappa shape index (κ2) is 9.23. The Morgan fingerprint density at radius 1 is 1.19 bits per heavy atom. The van der Waals surface area contributed by atoms with Gasteiger partial charge in [-0.3, -0.25) is 19.4 Å². The Labute approximate surface area is 188 Å². The second-order valence-electron chi connectivity index (χ2n) is 7.14. The van der Waals surface area contributed by atoms with Crippen molar-refractivity contribution in [1.82, 2.24) is 10.2 Å². The standard InChI is InChI=1S/C22H21N5O4S/c1-31-14-8-6-13(7-9-14)11-24-19(29)10-17-21(30)27-20(25-17)15-4-2-3-5-16(15)26-22(27)32-12-18(23)28/h2-9,17H,10-12H2,1H3,(H2,23,28)(H,24,29)/t17-/m1/s1. The summed E-state index contributed by atoms with van der Waals surface area (Å²) < 4.78 is 5.12. The van der Waals surface area contributed by atoms with E-state index in [2.05, 4.69) is 15.3 Å². The van der Waals surface area contributed by atoms with E-state index in [0.29, 0.717) is 28.8 Å². The Hall–Kier alpha value is -3.66. The topological polar surface area (TPSA) is 126 Å². The highest BCUT2D eigenvalue weighted by Crippen LogP contribution is 2.33. The molecule has 1 atom stereocenters. The van der Waals surface area contributed by atoms with Crippen molar-refractivity contribution >= 4 is 46.2 Å². The Morgan fingerprint density at radius 3 is 2.66 bits per heavy atom. The largest absolute Gasteiger partial charge is 0.497 e. The van der Waals surface area contributed by atoms with E-state index < -0.39 is 11.9 Å². The monoisotopic (exact) mass is 451 g/mol. The number of hydrogen-bond acceptors (Lipinski definition) is 7. The molecule has 0 radical (unpaired) electrons. The number of carbonyl (C=O) groups is 3. The van der Waals surface area contributed by atoms with Crippen LogP contribution in [-0.2, 0) is 20.9 Å². The van der Waals surface area contributed by atoms with Gasteiger partial charge in [-0.15, -0.1) is 0 Å². The smallest absolute Gasteiger partial charge is 0.259 e. The Balaban J connectivity index is 1.47. The minimum absolute atomic E-state index is 0.0227. The predicted octanol–water partition coefficient (Wildman–Crippen LogP) is 1.58. The van der Waals surface area contributed by atoms with Crippen LogP contribution < -0.4 is 15.8 Å². The summed E-state index contributed by atoms with van der Waals surface area (Å²) in [6, 6.07) is 13.8. The van der Waals surface area contributed by atoms with Gasteiger partial charge < -0.3 is 15.8 Å². The van der Waals surface area contributed by atoms with Gasteiger partial charge in [0.05, 0.1) is 25.0 Å². The Bertz CT molecular complexity index is 1130. The van der Waals surface area contributed by atoms with Crippen molar-refractivity contribution in [2.45, 2.75) is 19.0 Å². The van der Waals surface area contributed by atoms with Crippen LogP contribution in [0.1, 0.15) is 17.5 Å². The van der Waals surface area contributed by atoms with E-state index in [4.69, 9.17) is 10.5 Å². The zero-order valence-corrected chi connectivity index (χ0v) is 18.1. The number of benzene rings is 2. The third kappa shape index (κ3) is 4.50. The lowest BCUT2D eigenvalue weighted by atomic mass is 10.1. The lowest BCUT2D eigenvalue weighted by molar-refractivity contribution is -0.128. The molecule has 2 aromatic rings. The van der Waals surface area contributed by atoms with Gasteiger partial charge >= 0.3 is 0 Å². The van der Waals surface area contributed by atoms with Crippen LogP contribution in [-0.4, -0.2) is 52.5 Å².